The van der Waals surface area contributed by atoms with Gasteiger partial charge >= 0.3 is 0 Å². The summed E-state index contributed by atoms with van der Waals surface area (Å²) in [5.74, 6) is 1.34. The molecule has 0 radical (unpaired) electrons. The molecule has 0 saturated carbocycles. The van der Waals surface area contributed by atoms with Gasteiger partial charge in [-0.15, -0.1) is 0 Å². The first-order valence-corrected chi connectivity index (χ1v) is 10.1. The van der Waals surface area contributed by atoms with Crippen LogP contribution in [0.4, 0.5) is 5.95 Å². The third-order valence-electron chi connectivity index (χ3n) is 4.40. The van der Waals surface area contributed by atoms with Crippen molar-refractivity contribution in [3.8, 4) is 5.75 Å². The van der Waals surface area contributed by atoms with Crippen molar-refractivity contribution in [3.05, 3.63) is 41.2 Å². The zero-order valence-electron chi connectivity index (χ0n) is 15.3. The summed E-state index contributed by atoms with van der Waals surface area (Å²) >= 11 is 0. The van der Waals surface area contributed by atoms with Gasteiger partial charge in [0.15, 0.2) is 0 Å². The minimum absolute atomic E-state index is 0.123. The monoisotopic (exact) mass is 376 g/mol. The van der Waals surface area contributed by atoms with E-state index in [9.17, 15) is 8.42 Å². The fourth-order valence-electron chi connectivity index (χ4n) is 3.04. The highest BCUT2D eigenvalue weighted by molar-refractivity contribution is 7.89. The smallest absolute Gasteiger partial charge is 0.240 e. The fraction of sp³-hybridized carbons (Fsp3) is 0.444. The van der Waals surface area contributed by atoms with E-state index in [1.165, 1.54) is 6.07 Å². The van der Waals surface area contributed by atoms with Crippen molar-refractivity contribution < 1.29 is 13.2 Å². The summed E-state index contributed by atoms with van der Waals surface area (Å²) in [4.78, 5) is 11.3. The molecule has 0 spiro atoms. The number of nitrogens with zero attached hydrogens (tertiary/aromatic N) is 3. The van der Waals surface area contributed by atoms with Crippen molar-refractivity contribution >= 4 is 16.0 Å². The SMILES string of the molecule is COc1ccc(S(=O)(=O)NCc2cc(C)nc(N3CCCC3)n2)cc1C. The Balaban J connectivity index is 1.76. The first-order valence-electron chi connectivity index (χ1n) is 8.63. The van der Waals surface area contributed by atoms with E-state index < -0.39 is 10.0 Å². The molecule has 1 aromatic carbocycles. The van der Waals surface area contributed by atoms with E-state index in [0.717, 1.165) is 37.2 Å². The average Bonchev–Trinajstić information content (AvgIpc) is 3.14. The summed E-state index contributed by atoms with van der Waals surface area (Å²) in [5, 5.41) is 0. The van der Waals surface area contributed by atoms with Crippen LogP contribution in [-0.2, 0) is 16.6 Å². The van der Waals surface area contributed by atoms with Crippen molar-refractivity contribution in [1.29, 1.82) is 0 Å². The molecule has 8 heteroatoms. The van der Waals surface area contributed by atoms with Crippen LogP contribution in [0.1, 0.15) is 29.8 Å². The molecular weight excluding hydrogens is 352 g/mol. The Bertz CT molecular complexity index is 893. The van der Waals surface area contributed by atoms with Crippen molar-refractivity contribution in [1.82, 2.24) is 14.7 Å². The molecule has 0 bridgehead atoms. The maximum absolute atomic E-state index is 12.6. The highest BCUT2D eigenvalue weighted by atomic mass is 32.2. The fourth-order valence-corrected chi connectivity index (χ4v) is 4.12. The standard InChI is InChI=1S/C18H24N4O3S/c1-13-10-16(6-7-17(13)25-3)26(23,24)19-12-15-11-14(2)20-18(21-15)22-8-4-5-9-22/h6-7,10-11,19H,4-5,8-9,12H2,1-3H3. The van der Waals surface area contributed by atoms with Gasteiger partial charge in [0, 0.05) is 18.8 Å². The molecule has 2 heterocycles. The zero-order chi connectivity index (χ0) is 18.7. The van der Waals surface area contributed by atoms with E-state index in [0.29, 0.717) is 17.4 Å². The van der Waals surface area contributed by atoms with Crippen molar-refractivity contribution in [2.24, 2.45) is 0 Å². The maximum atomic E-state index is 12.6. The second-order valence-electron chi connectivity index (χ2n) is 6.45. The molecule has 0 unspecified atom stereocenters. The van der Waals surface area contributed by atoms with Gasteiger partial charge in [0.25, 0.3) is 0 Å². The first-order chi connectivity index (χ1) is 12.4. The van der Waals surface area contributed by atoms with E-state index in [2.05, 4.69) is 19.6 Å². The number of ether oxygens (including phenoxy) is 1. The Labute approximate surface area is 154 Å². The summed E-state index contributed by atoms with van der Waals surface area (Å²) in [5.41, 5.74) is 2.26. The van der Waals surface area contributed by atoms with Crippen LogP contribution in [0, 0.1) is 13.8 Å². The van der Waals surface area contributed by atoms with Gasteiger partial charge in [-0.25, -0.2) is 23.1 Å². The van der Waals surface area contributed by atoms with Crippen LogP contribution < -0.4 is 14.4 Å². The van der Waals surface area contributed by atoms with Crippen LogP contribution in [0.3, 0.4) is 0 Å². The van der Waals surface area contributed by atoms with Crippen LogP contribution in [0.15, 0.2) is 29.2 Å². The number of nitrogens with one attached hydrogen (secondary N) is 1. The first kappa shape index (κ1) is 18.6. The number of aryl methyl sites for hydroxylation is 2. The highest BCUT2D eigenvalue weighted by Crippen LogP contribution is 2.21. The van der Waals surface area contributed by atoms with Crippen LogP contribution in [0.25, 0.3) is 0 Å². The van der Waals surface area contributed by atoms with Gasteiger partial charge in [-0.3, -0.25) is 0 Å². The largest absolute Gasteiger partial charge is 0.496 e. The number of benzene rings is 1. The Morgan fingerprint density at radius 3 is 2.54 bits per heavy atom. The van der Waals surface area contributed by atoms with Crippen LogP contribution in [-0.4, -0.2) is 38.6 Å². The Morgan fingerprint density at radius 1 is 1.15 bits per heavy atom. The lowest BCUT2D eigenvalue weighted by molar-refractivity contribution is 0.411. The summed E-state index contributed by atoms with van der Waals surface area (Å²) < 4.78 is 33.0. The van der Waals surface area contributed by atoms with Crippen LogP contribution >= 0.6 is 0 Å². The van der Waals surface area contributed by atoms with Gasteiger partial charge in [0.1, 0.15) is 5.75 Å². The van der Waals surface area contributed by atoms with E-state index in [4.69, 9.17) is 4.74 Å². The molecule has 2 aromatic rings. The molecule has 1 aliphatic rings. The number of hydrogen-bond donors (Lipinski definition) is 1. The number of hydrogen-bond acceptors (Lipinski definition) is 6. The summed E-state index contributed by atoms with van der Waals surface area (Å²) in [6.07, 6.45) is 2.27. The lowest BCUT2D eigenvalue weighted by Crippen LogP contribution is -2.25. The van der Waals surface area contributed by atoms with Gasteiger partial charge in [-0.05, 0) is 56.5 Å². The molecule has 3 rings (SSSR count). The molecule has 1 aromatic heterocycles. The van der Waals surface area contributed by atoms with Gasteiger partial charge in [-0.2, -0.15) is 0 Å². The topological polar surface area (TPSA) is 84.4 Å². The van der Waals surface area contributed by atoms with Crippen molar-refractivity contribution in [2.45, 2.75) is 38.1 Å². The number of methoxy groups -OCH3 is 1. The molecular formula is C18H24N4O3S. The van der Waals surface area contributed by atoms with Crippen molar-refractivity contribution in [2.75, 3.05) is 25.1 Å². The van der Waals surface area contributed by atoms with E-state index in [1.807, 2.05) is 13.8 Å². The predicted octanol–water partition coefficient (Wildman–Crippen LogP) is 2.18. The van der Waals surface area contributed by atoms with Gasteiger partial charge < -0.3 is 9.64 Å². The molecule has 140 valence electrons. The minimum atomic E-state index is -3.63. The Morgan fingerprint density at radius 2 is 1.88 bits per heavy atom. The second kappa shape index (κ2) is 7.59. The summed E-state index contributed by atoms with van der Waals surface area (Å²) in [6, 6.07) is 6.60. The molecule has 7 nitrogen and oxygen atoms in total. The van der Waals surface area contributed by atoms with E-state index >= 15 is 0 Å². The molecule has 1 N–H and O–H groups in total. The third-order valence-corrected chi connectivity index (χ3v) is 5.80. The van der Waals surface area contributed by atoms with Gasteiger partial charge in [0.2, 0.25) is 16.0 Å². The number of anilines is 1. The van der Waals surface area contributed by atoms with Crippen LogP contribution in [0.2, 0.25) is 0 Å². The molecule has 1 aliphatic heterocycles. The van der Waals surface area contributed by atoms with Gasteiger partial charge in [0.05, 0.1) is 24.2 Å². The summed E-state index contributed by atoms with van der Waals surface area (Å²) in [7, 11) is -2.07. The van der Waals surface area contributed by atoms with E-state index in [-0.39, 0.29) is 11.4 Å². The maximum Gasteiger partial charge on any atom is 0.240 e. The lowest BCUT2D eigenvalue weighted by Gasteiger charge is -2.16. The second-order valence-corrected chi connectivity index (χ2v) is 8.22. The summed E-state index contributed by atoms with van der Waals surface area (Å²) in [6.45, 7) is 5.72. The Hall–Kier alpha value is -2.19. The molecule has 0 atom stereocenters. The van der Waals surface area contributed by atoms with Gasteiger partial charge in [-0.1, -0.05) is 0 Å². The molecule has 26 heavy (non-hydrogen) atoms. The number of aromatic nitrogens is 2. The molecule has 0 amide bonds. The Kier molecular flexibility index (Phi) is 5.43. The highest BCUT2D eigenvalue weighted by Gasteiger charge is 2.18. The third kappa shape index (κ3) is 4.13. The molecule has 1 saturated heterocycles. The average molecular weight is 376 g/mol. The molecule has 1 fully saturated rings. The van der Waals surface area contributed by atoms with E-state index in [1.54, 1.807) is 25.3 Å². The molecule has 0 aliphatic carbocycles. The minimum Gasteiger partial charge on any atom is -0.496 e. The predicted molar refractivity (Wildman–Crippen MR) is 100.0 cm³/mol. The number of sulfonamides is 1. The van der Waals surface area contributed by atoms with Crippen molar-refractivity contribution in [3.63, 3.8) is 0 Å². The lowest BCUT2D eigenvalue weighted by atomic mass is 10.2. The zero-order valence-corrected chi connectivity index (χ0v) is 16.1. The number of rotatable bonds is 6. The normalized spacial score (nSPS) is 14.7. The quantitative estimate of drug-likeness (QED) is 0.832. The van der Waals surface area contributed by atoms with Crippen LogP contribution in [0.5, 0.6) is 5.75 Å².